The molecule has 0 aliphatic carbocycles. The van der Waals surface area contributed by atoms with Crippen LogP contribution in [-0.2, 0) is 18.6 Å². The lowest BCUT2D eigenvalue weighted by Crippen LogP contribution is -2.49. The summed E-state index contributed by atoms with van der Waals surface area (Å²) in [5, 5.41) is 30.8. The molecule has 0 bridgehead atoms. The highest BCUT2D eigenvalue weighted by molar-refractivity contribution is 6.74. The summed E-state index contributed by atoms with van der Waals surface area (Å²) in [6, 6.07) is -1.57. The van der Waals surface area contributed by atoms with Crippen molar-refractivity contribution in [3.63, 3.8) is 0 Å². The largest absolute Gasteiger partial charge is 0.390 e. The van der Waals surface area contributed by atoms with Crippen molar-refractivity contribution in [1.29, 1.82) is 0 Å². The number of nitro groups is 1. The molecule has 2 aliphatic rings. The minimum atomic E-state index is -2.22. The Labute approximate surface area is 154 Å². The average Bonchev–Trinajstić information content (AvgIpc) is 2.92. The van der Waals surface area contributed by atoms with Gasteiger partial charge in [0.2, 0.25) is 0 Å². The molecule has 0 saturated carbocycles. The Morgan fingerprint density at radius 1 is 1.27 bits per heavy atom. The quantitative estimate of drug-likeness (QED) is 0.393. The van der Waals surface area contributed by atoms with Crippen LogP contribution in [0.5, 0.6) is 0 Å². The van der Waals surface area contributed by atoms with Crippen LogP contribution in [-0.4, -0.2) is 72.6 Å². The molecule has 0 radical (unpaired) electrons. The summed E-state index contributed by atoms with van der Waals surface area (Å²) >= 11 is 0. The maximum absolute atomic E-state index is 11.1. The molecule has 0 aromatic rings. The number of aliphatic hydroxyl groups excluding tert-OH is 2. The van der Waals surface area contributed by atoms with E-state index in [0.717, 1.165) is 0 Å². The molecule has 0 aromatic heterocycles. The highest BCUT2D eigenvalue weighted by Crippen LogP contribution is 2.44. The predicted molar refractivity (Wildman–Crippen MR) is 94.6 cm³/mol. The highest BCUT2D eigenvalue weighted by Gasteiger charge is 2.61. The first-order chi connectivity index (χ1) is 11.7. The van der Waals surface area contributed by atoms with Crippen LogP contribution in [0.2, 0.25) is 18.1 Å². The van der Waals surface area contributed by atoms with Crippen molar-refractivity contribution >= 4 is 8.32 Å². The van der Waals surface area contributed by atoms with E-state index in [-0.39, 0.29) is 5.04 Å². The van der Waals surface area contributed by atoms with Crippen LogP contribution in [0, 0.1) is 10.1 Å². The Bertz CT molecular complexity index is 535. The molecule has 0 unspecified atom stereocenters. The summed E-state index contributed by atoms with van der Waals surface area (Å²) in [5.74, 6) is -0.921. The summed E-state index contributed by atoms with van der Waals surface area (Å²) in [4.78, 5) is 10.4. The van der Waals surface area contributed by atoms with E-state index in [1.165, 1.54) is 0 Å². The average molecular weight is 394 g/mol. The zero-order valence-electron chi connectivity index (χ0n) is 16.5. The molecule has 2 rings (SSSR count). The minimum absolute atomic E-state index is 0.0774. The van der Waals surface area contributed by atoms with E-state index < -0.39 is 62.4 Å². The van der Waals surface area contributed by atoms with Gasteiger partial charge in [0.25, 0.3) is 6.04 Å². The SMILES string of the molecule is CC1(C)O[C@@H]2[C@H](O1)[C@@H](O[Si](C)(C)C(C)(C)C)O[C@@H]2[C@H](O)[C@H](CO)[N+](=O)[O-]. The van der Waals surface area contributed by atoms with Crippen LogP contribution < -0.4 is 0 Å². The molecule has 9 nitrogen and oxygen atoms in total. The maximum atomic E-state index is 11.1. The third-order valence-electron chi connectivity index (χ3n) is 5.45. The fourth-order valence-corrected chi connectivity index (χ4v) is 4.07. The Kier molecular flexibility index (Phi) is 5.90. The Balaban J connectivity index is 2.26. The fraction of sp³-hybridized carbons (Fsp3) is 1.00. The Hall–Kier alpha value is -0.623. The Morgan fingerprint density at radius 3 is 2.27 bits per heavy atom. The van der Waals surface area contributed by atoms with E-state index in [4.69, 9.17) is 18.6 Å². The molecule has 26 heavy (non-hydrogen) atoms. The molecule has 2 fully saturated rings. The molecular weight excluding hydrogens is 362 g/mol. The van der Waals surface area contributed by atoms with Gasteiger partial charge in [-0.15, -0.1) is 0 Å². The summed E-state index contributed by atoms with van der Waals surface area (Å²) in [7, 11) is -2.22. The van der Waals surface area contributed by atoms with E-state index in [2.05, 4.69) is 33.9 Å². The van der Waals surface area contributed by atoms with Crippen LogP contribution in [0.15, 0.2) is 0 Å². The molecule has 2 heterocycles. The first-order valence-corrected chi connectivity index (χ1v) is 11.7. The topological polar surface area (TPSA) is 121 Å². The maximum Gasteiger partial charge on any atom is 0.263 e. The van der Waals surface area contributed by atoms with Crippen LogP contribution >= 0.6 is 0 Å². The van der Waals surface area contributed by atoms with Gasteiger partial charge in [0.15, 0.2) is 26.5 Å². The molecule has 2 saturated heterocycles. The van der Waals surface area contributed by atoms with Crippen molar-refractivity contribution in [2.75, 3.05) is 6.61 Å². The predicted octanol–water partition coefficient (Wildman–Crippen LogP) is 1.25. The van der Waals surface area contributed by atoms with Crippen molar-refractivity contribution < 1.29 is 33.8 Å². The van der Waals surface area contributed by atoms with Gasteiger partial charge in [0.05, 0.1) is 0 Å². The molecule has 152 valence electrons. The van der Waals surface area contributed by atoms with Crippen LogP contribution in [0.3, 0.4) is 0 Å². The molecule has 0 spiro atoms. The number of ether oxygens (including phenoxy) is 3. The van der Waals surface area contributed by atoms with Gasteiger partial charge >= 0.3 is 0 Å². The van der Waals surface area contributed by atoms with Crippen LogP contribution in [0.4, 0.5) is 0 Å². The zero-order valence-corrected chi connectivity index (χ0v) is 17.5. The monoisotopic (exact) mass is 393 g/mol. The van der Waals surface area contributed by atoms with Gasteiger partial charge < -0.3 is 28.8 Å². The first kappa shape index (κ1) is 21.7. The lowest BCUT2D eigenvalue weighted by Gasteiger charge is -2.39. The number of hydrogen-bond donors (Lipinski definition) is 2. The number of nitrogens with zero attached hydrogens (tertiary/aromatic N) is 1. The summed E-state index contributed by atoms with van der Waals surface area (Å²) < 4.78 is 23.9. The molecule has 2 aliphatic heterocycles. The smallest absolute Gasteiger partial charge is 0.263 e. The van der Waals surface area contributed by atoms with Gasteiger partial charge in [-0.2, -0.15) is 0 Å². The van der Waals surface area contributed by atoms with Crippen molar-refractivity contribution in [3.05, 3.63) is 10.1 Å². The molecule has 10 heteroatoms. The van der Waals surface area contributed by atoms with Crippen molar-refractivity contribution in [2.24, 2.45) is 0 Å². The van der Waals surface area contributed by atoms with E-state index in [1.54, 1.807) is 13.8 Å². The van der Waals surface area contributed by atoms with Crippen LogP contribution in [0.1, 0.15) is 34.6 Å². The van der Waals surface area contributed by atoms with E-state index >= 15 is 0 Å². The normalized spacial score (nSPS) is 33.7. The summed E-state index contributed by atoms with van der Waals surface area (Å²) in [6.07, 6.45) is -4.70. The molecule has 0 amide bonds. The molecule has 0 aromatic carbocycles. The van der Waals surface area contributed by atoms with Crippen molar-refractivity contribution in [3.8, 4) is 0 Å². The zero-order chi connectivity index (χ0) is 20.1. The fourth-order valence-electron chi connectivity index (χ4n) is 2.95. The van der Waals surface area contributed by atoms with Gasteiger partial charge in [0.1, 0.15) is 24.9 Å². The first-order valence-electron chi connectivity index (χ1n) is 8.81. The number of hydrogen-bond acceptors (Lipinski definition) is 8. The second-order valence-corrected chi connectivity index (χ2v) is 13.7. The van der Waals surface area contributed by atoms with Gasteiger partial charge in [-0.25, -0.2) is 0 Å². The number of rotatable bonds is 6. The van der Waals surface area contributed by atoms with Gasteiger partial charge in [-0.05, 0) is 32.0 Å². The molecular formula is C16H31NO8Si. The Morgan fingerprint density at radius 2 is 1.81 bits per heavy atom. The summed E-state index contributed by atoms with van der Waals surface area (Å²) in [5.41, 5.74) is 0. The third kappa shape index (κ3) is 4.11. The van der Waals surface area contributed by atoms with E-state index in [0.29, 0.717) is 0 Å². The second kappa shape index (κ2) is 7.08. The van der Waals surface area contributed by atoms with Crippen molar-refractivity contribution in [2.45, 2.75) is 95.3 Å². The van der Waals surface area contributed by atoms with Gasteiger partial charge in [-0.3, -0.25) is 10.1 Å². The van der Waals surface area contributed by atoms with E-state index in [9.17, 15) is 20.3 Å². The van der Waals surface area contributed by atoms with Gasteiger partial charge in [0, 0.05) is 4.92 Å². The minimum Gasteiger partial charge on any atom is -0.390 e. The lowest BCUT2D eigenvalue weighted by molar-refractivity contribution is -0.541. The highest BCUT2D eigenvalue weighted by atomic mass is 28.4. The standard InChI is InChI=1S/C16H31NO8Si/c1-15(2,3)26(6,7)25-14-13-12(23-16(4,5)24-13)11(22-14)10(19)9(8-18)17(20)21/h9-14,18-19H,8H2,1-7H3/t9-,10+,11+,12-,13-,14+/m0/s1. The van der Waals surface area contributed by atoms with Crippen LogP contribution in [0.25, 0.3) is 0 Å². The molecule has 2 N–H and O–H groups in total. The second-order valence-electron chi connectivity index (χ2n) is 8.94. The number of aliphatic hydroxyl groups is 2. The number of fused-ring (bicyclic) bond motifs is 1. The van der Waals surface area contributed by atoms with Gasteiger partial charge in [-0.1, -0.05) is 20.8 Å². The lowest BCUT2D eigenvalue weighted by atomic mass is 10.0. The van der Waals surface area contributed by atoms with E-state index in [1.807, 2.05) is 0 Å². The van der Waals surface area contributed by atoms with Crippen molar-refractivity contribution in [1.82, 2.24) is 0 Å². The molecule has 6 atom stereocenters. The summed E-state index contributed by atoms with van der Waals surface area (Å²) in [6.45, 7) is 13.0. The third-order valence-corrected chi connectivity index (χ3v) is 9.89.